The van der Waals surface area contributed by atoms with E-state index in [2.05, 4.69) is 15.5 Å². The lowest BCUT2D eigenvalue weighted by molar-refractivity contribution is 0.0938. The first-order valence-corrected chi connectivity index (χ1v) is 10.3. The van der Waals surface area contributed by atoms with Crippen LogP contribution in [-0.2, 0) is 7.05 Å². The van der Waals surface area contributed by atoms with Crippen molar-refractivity contribution in [1.29, 1.82) is 0 Å². The molecule has 0 aliphatic rings. The lowest BCUT2D eigenvalue weighted by atomic mass is 10.2. The predicted octanol–water partition coefficient (Wildman–Crippen LogP) is 4.27. The fourth-order valence-electron chi connectivity index (χ4n) is 2.64. The van der Waals surface area contributed by atoms with Crippen LogP contribution < -0.4 is 10.1 Å². The standard InChI is InChI=1S/C20H20ClFN4O2S/c1-13(23-19(27)16-5-3-4-6-17(16)21)18-24-25-20(26(18)2)29-12-11-28-15-9-7-14(22)8-10-15/h3-10,13H,11-12H2,1-2H3,(H,23,27). The molecule has 0 spiro atoms. The van der Waals surface area contributed by atoms with Crippen LogP contribution in [0.15, 0.2) is 53.7 Å². The first-order valence-electron chi connectivity index (χ1n) is 8.91. The molecular weight excluding hydrogens is 415 g/mol. The molecule has 0 aliphatic carbocycles. The Morgan fingerprint density at radius 1 is 1.24 bits per heavy atom. The summed E-state index contributed by atoms with van der Waals surface area (Å²) in [4.78, 5) is 12.4. The van der Waals surface area contributed by atoms with E-state index in [-0.39, 0.29) is 17.8 Å². The van der Waals surface area contributed by atoms with Crippen LogP contribution in [0.4, 0.5) is 4.39 Å². The largest absolute Gasteiger partial charge is 0.493 e. The molecule has 0 radical (unpaired) electrons. The molecule has 152 valence electrons. The van der Waals surface area contributed by atoms with Gasteiger partial charge in [-0.25, -0.2) is 4.39 Å². The van der Waals surface area contributed by atoms with Crippen LogP contribution in [0.25, 0.3) is 0 Å². The molecule has 1 N–H and O–H groups in total. The molecule has 0 fully saturated rings. The molecule has 0 saturated heterocycles. The maximum atomic E-state index is 12.9. The number of thioether (sulfide) groups is 1. The van der Waals surface area contributed by atoms with Gasteiger partial charge in [0.25, 0.3) is 5.91 Å². The average molecular weight is 435 g/mol. The first kappa shape index (κ1) is 21.1. The van der Waals surface area contributed by atoms with Crippen LogP contribution in [0.3, 0.4) is 0 Å². The summed E-state index contributed by atoms with van der Waals surface area (Å²) in [6, 6.07) is 12.4. The van der Waals surface area contributed by atoms with Gasteiger partial charge in [0.05, 0.1) is 23.2 Å². The van der Waals surface area contributed by atoms with E-state index in [1.54, 1.807) is 36.4 Å². The highest BCUT2D eigenvalue weighted by Crippen LogP contribution is 2.21. The molecule has 0 bridgehead atoms. The summed E-state index contributed by atoms with van der Waals surface area (Å²) >= 11 is 7.56. The zero-order valence-electron chi connectivity index (χ0n) is 15.9. The molecule has 1 unspecified atom stereocenters. The second kappa shape index (κ2) is 9.76. The number of aromatic nitrogens is 3. The zero-order valence-corrected chi connectivity index (χ0v) is 17.5. The van der Waals surface area contributed by atoms with Crippen LogP contribution in [0.5, 0.6) is 5.75 Å². The first-order chi connectivity index (χ1) is 14.0. The predicted molar refractivity (Wildman–Crippen MR) is 111 cm³/mol. The van der Waals surface area contributed by atoms with Gasteiger partial charge in [-0.05, 0) is 43.3 Å². The van der Waals surface area contributed by atoms with Crippen LogP contribution in [0.2, 0.25) is 5.02 Å². The lowest BCUT2D eigenvalue weighted by Gasteiger charge is -2.14. The summed E-state index contributed by atoms with van der Waals surface area (Å²) in [6.45, 7) is 2.28. The fraction of sp³-hybridized carbons (Fsp3) is 0.250. The molecule has 1 amide bonds. The molecular formula is C20H20ClFN4O2S. The number of halogens is 2. The van der Waals surface area contributed by atoms with Crippen molar-refractivity contribution in [3.05, 3.63) is 70.8 Å². The highest BCUT2D eigenvalue weighted by molar-refractivity contribution is 7.99. The zero-order chi connectivity index (χ0) is 20.8. The third kappa shape index (κ3) is 5.48. The number of amides is 1. The van der Waals surface area contributed by atoms with Crippen LogP contribution in [0.1, 0.15) is 29.1 Å². The van der Waals surface area contributed by atoms with E-state index in [9.17, 15) is 9.18 Å². The minimum Gasteiger partial charge on any atom is -0.493 e. The Morgan fingerprint density at radius 2 is 1.97 bits per heavy atom. The van der Waals surface area contributed by atoms with E-state index in [1.165, 1.54) is 23.9 Å². The minimum absolute atomic E-state index is 0.270. The van der Waals surface area contributed by atoms with Crippen LogP contribution in [0, 0.1) is 5.82 Å². The van der Waals surface area contributed by atoms with Gasteiger partial charge in [0, 0.05) is 12.8 Å². The van der Waals surface area contributed by atoms with Crippen LogP contribution in [-0.4, -0.2) is 33.0 Å². The van der Waals surface area contributed by atoms with E-state index in [4.69, 9.17) is 16.3 Å². The van der Waals surface area contributed by atoms with Gasteiger partial charge >= 0.3 is 0 Å². The monoisotopic (exact) mass is 434 g/mol. The van der Waals surface area contributed by atoms with Gasteiger partial charge in [-0.15, -0.1) is 10.2 Å². The van der Waals surface area contributed by atoms with Crippen molar-refractivity contribution in [3.63, 3.8) is 0 Å². The van der Waals surface area contributed by atoms with Gasteiger partial charge in [0.2, 0.25) is 0 Å². The van der Waals surface area contributed by atoms with E-state index in [0.717, 1.165) is 0 Å². The van der Waals surface area contributed by atoms with Gasteiger partial charge in [0.15, 0.2) is 11.0 Å². The van der Waals surface area contributed by atoms with Crippen molar-refractivity contribution in [2.24, 2.45) is 7.05 Å². The van der Waals surface area contributed by atoms with E-state index in [0.29, 0.717) is 39.7 Å². The molecule has 0 aliphatic heterocycles. The van der Waals surface area contributed by atoms with Gasteiger partial charge in [-0.3, -0.25) is 4.79 Å². The highest BCUT2D eigenvalue weighted by Gasteiger charge is 2.19. The van der Waals surface area contributed by atoms with Gasteiger partial charge in [-0.2, -0.15) is 0 Å². The number of hydrogen-bond acceptors (Lipinski definition) is 5. The van der Waals surface area contributed by atoms with Crippen LogP contribution >= 0.6 is 23.4 Å². The normalized spacial score (nSPS) is 11.9. The van der Waals surface area contributed by atoms with Gasteiger partial charge in [0.1, 0.15) is 11.6 Å². The molecule has 0 saturated carbocycles. The Labute approximate surface area is 177 Å². The number of nitrogens with one attached hydrogen (secondary N) is 1. The Hall–Kier alpha value is -2.58. The maximum Gasteiger partial charge on any atom is 0.253 e. The number of carbonyl (C=O) groups is 1. The summed E-state index contributed by atoms with van der Waals surface area (Å²) < 4.78 is 20.3. The summed E-state index contributed by atoms with van der Waals surface area (Å²) in [5, 5.41) is 12.4. The molecule has 1 heterocycles. The second-order valence-electron chi connectivity index (χ2n) is 6.23. The summed E-state index contributed by atoms with van der Waals surface area (Å²) in [5.74, 6) is 1.32. The molecule has 1 atom stereocenters. The van der Waals surface area contributed by atoms with E-state index in [1.807, 2.05) is 18.5 Å². The third-order valence-corrected chi connectivity index (χ3v) is 5.43. The molecule has 3 rings (SSSR count). The Kier molecular flexibility index (Phi) is 7.11. The number of nitrogens with zero attached hydrogens (tertiary/aromatic N) is 3. The summed E-state index contributed by atoms with van der Waals surface area (Å²) in [7, 11) is 1.84. The highest BCUT2D eigenvalue weighted by atomic mass is 35.5. The van der Waals surface area contributed by atoms with Crippen molar-refractivity contribution < 1.29 is 13.9 Å². The molecule has 3 aromatic rings. The topological polar surface area (TPSA) is 69.0 Å². The van der Waals surface area contributed by atoms with Crippen molar-refractivity contribution in [2.45, 2.75) is 18.1 Å². The summed E-state index contributed by atoms with van der Waals surface area (Å²) in [6.07, 6.45) is 0. The molecule has 6 nitrogen and oxygen atoms in total. The molecule has 1 aromatic heterocycles. The Morgan fingerprint density at radius 3 is 2.69 bits per heavy atom. The molecule has 9 heteroatoms. The number of ether oxygens (including phenoxy) is 1. The maximum absolute atomic E-state index is 12.9. The van der Waals surface area contributed by atoms with E-state index >= 15 is 0 Å². The second-order valence-corrected chi connectivity index (χ2v) is 7.69. The third-order valence-electron chi connectivity index (χ3n) is 4.12. The van der Waals surface area contributed by atoms with Crippen molar-refractivity contribution >= 4 is 29.3 Å². The molecule has 29 heavy (non-hydrogen) atoms. The van der Waals surface area contributed by atoms with Gasteiger partial charge < -0.3 is 14.6 Å². The number of carbonyl (C=O) groups excluding carboxylic acids is 1. The average Bonchev–Trinajstić information content (AvgIpc) is 3.07. The lowest BCUT2D eigenvalue weighted by Crippen LogP contribution is -2.28. The molecule has 2 aromatic carbocycles. The number of rotatable bonds is 8. The fourth-order valence-corrected chi connectivity index (χ4v) is 3.59. The summed E-state index contributed by atoms with van der Waals surface area (Å²) in [5.41, 5.74) is 0.413. The SMILES string of the molecule is CC(NC(=O)c1ccccc1Cl)c1nnc(SCCOc2ccc(F)cc2)n1C. The van der Waals surface area contributed by atoms with Gasteiger partial charge in [-0.1, -0.05) is 35.5 Å². The number of benzene rings is 2. The minimum atomic E-state index is -0.346. The Bertz CT molecular complexity index is 981. The van der Waals surface area contributed by atoms with Crippen molar-refractivity contribution in [1.82, 2.24) is 20.1 Å². The smallest absolute Gasteiger partial charge is 0.253 e. The quantitative estimate of drug-likeness (QED) is 0.423. The number of hydrogen-bond donors (Lipinski definition) is 1. The van der Waals surface area contributed by atoms with Crippen molar-refractivity contribution in [2.75, 3.05) is 12.4 Å². The van der Waals surface area contributed by atoms with E-state index < -0.39 is 0 Å². The Balaban J connectivity index is 1.53. The van der Waals surface area contributed by atoms with Crippen molar-refractivity contribution in [3.8, 4) is 5.75 Å².